The number of benzene rings is 3. The summed E-state index contributed by atoms with van der Waals surface area (Å²) in [5, 5.41) is 3.07. The van der Waals surface area contributed by atoms with Crippen LogP contribution in [0.5, 0.6) is 0 Å². The summed E-state index contributed by atoms with van der Waals surface area (Å²) in [6.07, 6.45) is 1.51. The molecule has 4 nitrogen and oxygen atoms in total. The van der Waals surface area contributed by atoms with Crippen molar-refractivity contribution in [2.24, 2.45) is 0 Å². The van der Waals surface area contributed by atoms with Crippen LogP contribution in [0.2, 0.25) is 5.02 Å². The van der Waals surface area contributed by atoms with E-state index in [4.69, 9.17) is 23.8 Å². The zero-order chi connectivity index (χ0) is 21.3. The van der Waals surface area contributed by atoms with Crippen LogP contribution in [0.25, 0.3) is 17.2 Å². The first-order valence-corrected chi connectivity index (χ1v) is 9.74. The molecule has 1 N–H and O–H groups in total. The largest absolute Gasteiger partial charge is 0.298 e. The lowest BCUT2D eigenvalue weighted by atomic mass is 9.97. The minimum atomic E-state index is -0.580. The van der Waals surface area contributed by atoms with Crippen molar-refractivity contribution in [2.45, 2.75) is 0 Å². The highest BCUT2D eigenvalue weighted by atomic mass is 35.5. The van der Waals surface area contributed by atoms with Crippen molar-refractivity contribution in [2.75, 3.05) is 4.90 Å². The maximum absolute atomic E-state index is 13.3. The van der Waals surface area contributed by atoms with Crippen LogP contribution in [0, 0.1) is 5.82 Å². The number of carbonyl (C=O) groups excluding carboxylic acids is 2. The topological polar surface area (TPSA) is 49.4 Å². The van der Waals surface area contributed by atoms with E-state index < -0.39 is 11.8 Å². The maximum Gasteiger partial charge on any atom is 0.270 e. The van der Waals surface area contributed by atoms with E-state index in [1.165, 1.54) is 23.1 Å². The van der Waals surface area contributed by atoms with Crippen LogP contribution in [0.1, 0.15) is 5.56 Å². The average molecular weight is 437 g/mol. The van der Waals surface area contributed by atoms with Gasteiger partial charge < -0.3 is 0 Å². The van der Waals surface area contributed by atoms with Gasteiger partial charge in [0.1, 0.15) is 11.4 Å². The molecule has 2 amide bonds. The lowest BCUT2D eigenvalue weighted by Crippen LogP contribution is -2.54. The molecule has 3 aromatic carbocycles. The number of carbonyl (C=O) groups is 2. The summed E-state index contributed by atoms with van der Waals surface area (Å²) in [4.78, 5) is 27.0. The van der Waals surface area contributed by atoms with Crippen molar-refractivity contribution in [3.8, 4) is 11.1 Å². The van der Waals surface area contributed by atoms with Crippen molar-refractivity contribution < 1.29 is 14.0 Å². The molecule has 0 bridgehead atoms. The molecule has 0 aliphatic carbocycles. The fraction of sp³-hybridized carbons (Fsp3) is 0. The molecule has 1 heterocycles. The van der Waals surface area contributed by atoms with Crippen molar-refractivity contribution in [3.63, 3.8) is 0 Å². The van der Waals surface area contributed by atoms with Crippen LogP contribution >= 0.6 is 23.8 Å². The molecule has 148 valence electrons. The fourth-order valence-corrected chi connectivity index (χ4v) is 3.56. The molecule has 0 atom stereocenters. The van der Waals surface area contributed by atoms with Gasteiger partial charge in [0.05, 0.1) is 5.69 Å². The first kappa shape index (κ1) is 19.9. The normalized spacial score (nSPS) is 15.5. The summed E-state index contributed by atoms with van der Waals surface area (Å²) in [6, 6.07) is 19.8. The zero-order valence-corrected chi connectivity index (χ0v) is 17.0. The van der Waals surface area contributed by atoms with Gasteiger partial charge in [0.25, 0.3) is 11.8 Å². The third kappa shape index (κ3) is 3.87. The first-order chi connectivity index (χ1) is 14.4. The Morgan fingerprint density at radius 1 is 0.933 bits per heavy atom. The maximum atomic E-state index is 13.3. The second kappa shape index (κ2) is 8.18. The Kier molecular flexibility index (Phi) is 5.44. The van der Waals surface area contributed by atoms with Gasteiger partial charge in [0, 0.05) is 5.02 Å². The van der Waals surface area contributed by atoms with Gasteiger partial charge >= 0.3 is 0 Å². The van der Waals surface area contributed by atoms with Crippen LogP contribution in [-0.2, 0) is 9.59 Å². The molecule has 1 saturated heterocycles. The van der Waals surface area contributed by atoms with E-state index in [-0.39, 0.29) is 16.5 Å². The third-order valence-electron chi connectivity index (χ3n) is 4.60. The Balaban J connectivity index is 1.77. The number of halogens is 2. The van der Waals surface area contributed by atoms with E-state index in [1.807, 2.05) is 12.1 Å². The number of rotatable bonds is 3. The number of hydrogen-bond donors (Lipinski definition) is 1. The van der Waals surface area contributed by atoms with Crippen molar-refractivity contribution in [1.82, 2.24) is 5.32 Å². The van der Waals surface area contributed by atoms with Gasteiger partial charge in [0.15, 0.2) is 5.11 Å². The molecule has 0 aromatic heterocycles. The quantitative estimate of drug-likeness (QED) is 0.358. The Morgan fingerprint density at radius 3 is 2.30 bits per heavy atom. The van der Waals surface area contributed by atoms with Crippen LogP contribution in [-0.4, -0.2) is 16.9 Å². The summed E-state index contributed by atoms with van der Waals surface area (Å²) >= 11 is 11.1. The number of nitrogens with one attached hydrogen (secondary N) is 1. The average Bonchev–Trinajstić information content (AvgIpc) is 2.73. The fourth-order valence-electron chi connectivity index (χ4n) is 3.15. The Hall–Kier alpha value is -3.35. The molecule has 0 unspecified atom stereocenters. The van der Waals surface area contributed by atoms with Gasteiger partial charge in [-0.05, 0) is 71.4 Å². The summed E-state index contributed by atoms with van der Waals surface area (Å²) in [6.45, 7) is 0. The standard InChI is InChI=1S/C23H14ClFN2O2S/c24-16-7-11-18(12-8-16)27-22(29)20(21(28)26-23(27)30)13-15-3-1-2-4-19(15)14-5-9-17(25)10-6-14/h1-13H,(H,26,28,30)/b20-13+. The molecule has 3 aromatic rings. The first-order valence-electron chi connectivity index (χ1n) is 8.96. The molecule has 7 heteroatoms. The molecule has 0 saturated carbocycles. The third-order valence-corrected chi connectivity index (χ3v) is 5.14. The minimum absolute atomic E-state index is 0.00343. The summed E-state index contributed by atoms with van der Waals surface area (Å²) in [5.41, 5.74) is 2.60. The van der Waals surface area contributed by atoms with E-state index in [0.29, 0.717) is 16.3 Å². The SMILES string of the molecule is O=C1NC(=S)N(c2ccc(Cl)cc2)C(=O)/C1=C/c1ccccc1-c1ccc(F)cc1. The second-order valence-corrected chi connectivity index (χ2v) is 7.35. The predicted molar refractivity (Wildman–Crippen MR) is 119 cm³/mol. The number of hydrogen-bond acceptors (Lipinski definition) is 3. The molecule has 1 aliphatic heterocycles. The molecule has 0 spiro atoms. The molecule has 0 radical (unpaired) electrons. The molecular weight excluding hydrogens is 423 g/mol. The Morgan fingerprint density at radius 2 is 1.60 bits per heavy atom. The van der Waals surface area contributed by atoms with Gasteiger partial charge in [0.2, 0.25) is 0 Å². The van der Waals surface area contributed by atoms with E-state index in [2.05, 4.69) is 5.32 Å². The Labute approximate surface area is 182 Å². The predicted octanol–water partition coefficient (Wildman–Crippen LogP) is 4.98. The van der Waals surface area contributed by atoms with Crippen molar-refractivity contribution >= 4 is 52.5 Å². The highest BCUT2D eigenvalue weighted by molar-refractivity contribution is 7.80. The Bertz CT molecular complexity index is 1190. The van der Waals surface area contributed by atoms with Crippen LogP contribution < -0.4 is 10.2 Å². The number of nitrogens with zero attached hydrogens (tertiary/aromatic N) is 1. The lowest BCUT2D eigenvalue weighted by Gasteiger charge is -2.29. The van der Waals surface area contributed by atoms with Gasteiger partial charge in [-0.15, -0.1) is 0 Å². The number of anilines is 1. The van der Waals surface area contributed by atoms with Crippen molar-refractivity contribution in [3.05, 3.63) is 94.8 Å². The summed E-state index contributed by atoms with van der Waals surface area (Å²) in [7, 11) is 0. The van der Waals surface area contributed by atoms with Gasteiger partial charge in [-0.1, -0.05) is 48.0 Å². The molecule has 1 fully saturated rings. The van der Waals surface area contributed by atoms with Crippen LogP contribution in [0.3, 0.4) is 0 Å². The highest BCUT2D eigenvalue weighted by Crippen LogP contribution is 2.28. The number of amides is 2. The lowest BCUT2D eigenvalue weighted by molar-refractivity contribution is -0.122. The molecular formula is C23H14ClFN2O2S. The molecule has 1 aliphatic rings. The van der Waals surface area contributed by atoms with E-state index in [0.717, 1.165) is 11.1 Å². The van der Waals surface area contributed by atoms with Gasteiger partial charge in [-0.25, -0.2) is 4.39 Å². The van der Waals surface area contributed by atoms with Crippen LogP contribution in [0.4, 0.5) is 10.1 Å². The molecule has 30 heavy (non-hydrogen) atoms. The minimum Gasteiger partial charge on any atom is -0.298 e. The zero-order valence-electron chi connectivity index (χ0n) is 15.4. The second-order valence-electron chi connectivity index (χ2n) is 6.53. The monoisotopic (exact) mass is 436 g/mol. The highest BCUT2D eigenvalue weighted by Gasteiger charge is 2.34. The van der Waals surface area contributed by atoms with E-state index in [1.54, 1.807) is 48.5 Å². The van der Waals surface area contributed by atoms with Crippen molar-refractivity contribution in [1.29, 1.82) is 0 Å². The summed E-state index contributed by atoms with van der Waals surface area (Å²) in [5.74, 6) is -1.47. The smallest absolute Gasteiger partial charge is 0.270 e. The molecule has 4 rings (SSSR count). The number of thiocarbonyl (C=S) groups is 1. The summed E-state index contributed by atoms with van der Waals surface area (Å²) < 4.78 is 13.3. The van der Waals surface area contributed by atoms with E-state index in [9.17, 15) is 14.0 Å². The van der Waals surface area contributed by atoms with Gasteiger partial charge in [-0.2, -0.15) is 0 Å². The van der Waals surface area contributed by atoms with Crippen LogP contribution in [0.15, 0.2) is 78.4 Å². The van der Waals surface area contributed by atoms with Gasteiger partial charge in [-0.3, -0.25) is 19.8 Å². The van der Waals surface area contributed by atoms with E-state index >= 15 is 0 Å².